The zero-order valence-electron chi connectivity index (χ0n) is 9.16. The summed E-state index contributed by atoms with van der Waals surface area (Å²) in [5.74, 6) is 0.352. The van der Waals surface area contributed by atoms with Gasteiger partial charge in [-0.3, -0.25) is 0 Å². The minimum atomic E-state index is -0.0329. The second kappa shape index (κ2) is 6.58. The minimum absolute atomic E-state index is 0.0329. The number of aromatic hydroxyl groups is 1. The lowest BCUT2D eigenvalue weighted by Crippen LogP contribution is -2.17. The maximum atomic E-state index is 9.61. The van der Waals surface area contributed by atoms with Crippen LogP contribution in [0.25, 0.3) is 0 Å². The summed E-state index contributed by atoms with van der Waals surface area (Å²) in [6.07, 6.45) is 0. The number of halogens is 1. The first kappa shape index (κ1) is 13.1. The Bertz CT molecular complexity index is 344. The van der Waals surface area contributed by atoms with E-state index in [2.05, 4.69) is 5.32 Å². The maximum Gasteiger partial charge on any atom is 0.176 e. The van der Waals surface area contributed by atoms with E-state index in [1.54, 1.807) is 12.1 Å². The topological polar surface area (TPSA) is 61.7 Å². The first-order valence-corrected chi connectivity index (χ1v) is 5.52. The molecule has 16 heavy (non-hydrogen) atoms. The van der Waals surface area contributed by atoms with Gasteiger partial charge in [0.15, 0.2) is 11.5 Å². The van der Waals surface area contributed by atoms with Crippen LogP contribution in [0.3, 0.4) is 0 Å². The van der Waals surface area contributed by atoms with E-state index < -0.39 is 0 Å². The van der Waals surface area contributed by atoms with Crippen LogP contribution in [0.15, 0.2) is 12.1 Å². The van der Waals surface area contributed by atoms with E-state index in [0.717, 1.165) is 5.56 Å². The van der Waals surface area contributed by atoms with Crippen LogP contribution in [-0.2, 0) is 6.54 Å². The van der Waals surface area contributed by atoms with E-state index in [0.29, 0.717) is 25.4 Å². The Morgan fingerprint density at radius 2 is 2.19 bits per heavy atom. The van der Waals surface area contributed by atoms with Gasteiger partial charge in [-0.2, -0.15) is 0 Å². The average Bonchev–Trinajstić information content (AvgIpc) is 2.26. The summed E-state index contributed by atoms with van der Waals surface area (Å²) in [4.78, 5) is 0. The molecule has 0 aliphatic rings. The molecule has 90 valence electrons. The number of ether oxygens (including phenoxy) is 1. The Kier molecular flexibility index (Phi) is 5.38. The molecule has 0 amide bonds. The van der Waals surface area contributed by atoms with Crippen molar-refractivity contribution >= 4 is 11.6 Å². The summed E-state index contributed by atoms with van der Waals surface area (Å²) in [5.41, 5.74) is 0.903. The predicted molar refractivity (Wildman–Crippen MR) is 63.1 cm³/mol. The van der Waals surface area contributed by atoms with Gasteiger partial charge in [0.1, 0.15) is 0 Å². The van der Waals surface area contributed by atoms with E-state index in [1.165, 1.54) is 0 Å². The molecule has 0 aliphatic heterocycles. The van der Waals surface area contributed by atoms with Crippen molar-refractivity contribution < 1.29 is 14.9 Å². The van der Waals surface area contributed by atoms with Crippen molar-refractivity contribution in [3.8, 4) is 11.5 Å². The quantitative estimate of drug-likeness (QED) is 0.665. The molecule has 1 aromatic rings. The number of phenolic OH excluding ortho intramolecular Hbond substituents is 1. The smallest absolute Gasteiger partial charge is 0.176 e. The highest BCUT2D eigenvalue weighted by molar-refractivity contribution is 6.32. The third-order valence-electron chi connectivity index (χ3n) is 2.01. The summed E-state index contributed by atoms with van der Waals surface area (Å²) in [5, 5.41) is 21.5. The third-order valence-corrected chi connectivity index (χ3v) is 2.29. The molecule has 1 aromatic carbocycles. The van der Waals surface area contributed by atoms with Crippen LogP contribution in [-0.4, -0.2) is 30.0 Å². The highest BCUT2D eigenvalue weighted by Gasteiger charge is 2.09. The van der Waals surface area contributed by atoms with Gasteiger partial charge < -0.3 is 20.3 Å². The van der Waals surface area contributed by atoms with Gasteiger partial charge in [-0.25, -0.2) is 0 Å². The molecular formula is C11H16ClNO3. The summed E-state index contributed by atoms with van der Waals surface area (Å²) in [6.45, 7) is 3.48. The molecule has 0 radical (unpaired) electrons. The van der Waals surface area contributed by atoms with Crippen molar-refractivity contribution in [1.29, 1.82) is 0 Å². The largest absolute Gasteiger partial charge is 0.503 e. The van der Waals surface area contributed by atoms with Gasteiger partial charge in [0.2, 0.25) is 0 Å². The molecule has 0 aromatic heterocycles. The monoisotopic (exact) mass is 245 g/mol. The van der Waals surface area contributed by atoms with Crippen LogP contribution >= 0.6 is 11.6 Å². The van der Waals surface area contributed by atoms with Crippen molar-refractivity contribution in [3.63, 3.8) is 0 Å². The molecule has 1 rings (SSSR count). The summed E-state index contributed by atoms with van der Waals surface area (Å²) < 4.78 is 5.25. The molecule has 5 heteroatoms. The Morgan fingerprint density at radius 1 is 1.44 bits per heavy atom. The van der Waals surface area contributed by atoms with Gasteiger partial charge in [-0.1, -0.05) is 11.6 Å². The number of phenols is 1. The maximum absolute atomic E-state index is 9.61. The number of benzene rings is 1. The number of aliphatic hydroxyl groups is 1. The molecule has 0 spiro atoms. The molecule has 0 aliphatic carbocycles. The lowest BCUT2D eigenvalue weighted by molar-refractivity contribution is 0.291. The van der Waals surface area contributed by atoms with E-state index in [9.17, 15) is 5.11 Å². The van der Waals surface area contributed by atoms with Crippen LogP contribution in [0, 0.1) is 0 Å². The van der Waals surface area contributed by atoms with Gasteiger partial charge in [-0.15, -0.1) is 0 Å². The van der Waals surface area contributed by atoms with Crippen molar-refractivity contribution in [1.82, 2.24) is 5.32 Å². The molecule has 0 fully saturated rings. The molecule has 0 atom stereocenters. The molecule has 0 bridgehead atoms. The second-order valence-corrected chi connectivity index (χ2v) is 3.66. The van der Waals surface area contributed by atoms with Crippen LogP contribution in [0.2, 0.25) is 5.02 Å². The molecule has 0 unspecified atom stereocenters. The molecule has 4 nitrogen and oxygen atoms in total. The van der Waals surface area contributed by atoms with Gasteiger partial charge in [0.05, 0.1) is 18.2 Å². The standard InChI is InChI=1S/C11H16ClNO3/c1-2-16-10-6-8(7-13-3-4-14)5-9(12)11(10)15/h5-6,13-15H,2-4,7H2,1H3. The number of rotatable bonds is 6. The number of nitrogens with one attached hydrogen (secondary N) is 1. The van der Waals surface area contributed by atoms with Crippen LogP contribution < -0.4 is 10.1 Å². The lowest BCUT2D eigenvalue weighted by atomic mass is 10.2. The first-order chi connectivity index (χ1) is 7.69. The van der Waals surface area contributed by atoms with E-state index >= 15 is 0 Å². The Labute approximate surface area is 99.8 Å². The number of aliphatic hydroxyl groups excluding tert-OH is 1. The molecular weight excluding hydrogens is 230 g/mol. The summed E-state index contributed by atoms with van der Waals surface area (Å²) in [7, 11) is 0. The van der Waals surface area contributed by atoms with Crippen LogP contribution in [0.5, 0.6) is 11.5 Å². The Morgan fingerprint density at radius 3 is 2.81 bits per heavy atom. The Balaban J connectivity index is 2.77. The molecule has 0 saturated heterocycles. The average molecular weight is 246 g/mol. The van der Waals surface area contributed by atoms with Gasteiger partial charge in [0.25, 0.3) is 0 Å². The molecule has 0 saturated carbocycles. The van der Waals surface area contributed by atoms with E-state index in [-0.39, 0.29) is 17.4 Å². The highest BCUT2D eigenvalue weighted by atomic mass is 35.5. The fraction of sp³-hybridized carbons (Fsp3) is 0.455. The fourth-order valence-electron chi connectivity index (χ4n) is 1.31. The van der Waals surface area contributed by atoms with Gasteiger partial charge in [0, 0.05) is 13.1 Å². The Hall–Kier alpha value is -0.970. The minimum Gasteiger partial charge on any atom is -0.503 e. The zero-order valence-corrected chi connectivity index (χ0v) is 9.92. The number of hydrogen-bond acceptors (Lipinski definition) is 4. The van der Waals surface area contributed by atoms with Crippen LogP contribution in [0.1, 0.15) is 12.5 Å². The molecule has 0 heterocycles. The lowest BCUT2D eigenvalue weighted by Gasteiger charge is -2.10. The SMILES string of the molecule is CCOc1cc(CNCCO)cc(Cl)c1O. The van der Waals surface area contributed by atoms with Crippen molar-refractivity contribution in [2.24, 2.45) is 0 Å². The highest BCUT2D eigenvalue weighted by Crippen LogP contribution is 2.35. The normalized spacial score (nSPS) is 10.4. The van der Waals surface area contributed by atoms with Crippen LogP contribution in [0.4, 0.5) is 0 Å². The zero-order chi connectivity index (χ0) is 12.0. The van der Waals surface area contributed by atoms with Gasteiger partial charge >= 0.3 is 0 Å². The van der Waals surface area contributed by atoms with Crippen molar-refractivity contribution in [3.05, 3.63) is 22.7 Å². The fourth-order valence-corrected chi connectivity index (χ4v) is 1.54. The molecule has 3 N–H and O–H groups in total. The van der Waals surface area contributed by atoms with Crippen molar-refractivity contribution in [2.45, 2.75) is 13.5 Å². The first-order valence-electron chi connectivity index (χ1n) is 5.14. The number of hydrogen-bond donors (Lipinski definition) is 3. The second-order valence-electron chi connectivity index (χ2n) is 3.26. The van der Waals surface area contributed by atoms with Crippen molar-refractivity contribution in [2.75, 3.05) is 19.8 Å². The van der Waals surface area contributed by atoms with Gasteiger partial charge in [-0.05, 0) is 24.6 Å². The third kappa shape index (κ3) is 3.56. The summed E-state index contributed by atoms with van der Waals surface area (Å²) >= 11 is 5.86. The van der Waals surface area contributed by atoms with E-state index in [4.69, 9.17) is 21.4 Å². The van der Waals surface area contributed by atoms with E-state index in [1.807, 2.05) is 6.92 Å². The summed E-state index contributed by atoms with van der Waals surface area (Å²) in [6, 6.07) is 3.40. The predicted octanol–water partition coefficient (Wildman–Crippen LogP) is 1.53.